The van der Waals surface area contributed by atoms with Gasteiger partial charge in [-0.1, -0.05) is 321 Å². The predicted molar refractivity (Wildman–Crippen MR) is 292 cm³/mol. The van der Waals surface area contributed by atoms with E-state index in [9.17, 15) is 20.1 Å². The Morgan fingerprint density at radius 1 is 0.348 bits per heavy atom. The summed E-state index contributed by atoms with van der Waals surface area (Å²) < 4.78 is 0. The van der Waals surface area contributed by atoms with E-state index in [0.29, 0.717) is 12.8 Å². The number of nitrogens with one attached hydrogen (secondary N) is 1. The molecule has 0 heterocycles. The Balaban J connectivity index is 3.49. The molecule has 0 rings (SSSR count). The highest BCUT2D eigenvalue weighted by molar-refractivity contribution is 5.80. The van der Waals surface area contributed by atoms with Gasteiger partial charge in [0.2, 0.25) is 5.91 Å². The number of carbonyl (C=O) groups excluding carboxylic acids is 1. The maximum Gasteiger partial charge on any atom is 0.249 e. The summed E-state index contributed by atoms with van der Waals surface area (Å²) in [5.74, 6) is -0.464. The number of carbonyl (C=O) groups is 1. The van der Waals surface area contributed by atoms with Crippen LogP contribution in [0.25, 0.3) is 0 Å². The number of rotatable bonds is 57. The van der Waals surface area contributed by atoms with Crippen molar-refractivity contribution < 1.29 is 20.1 Å². The van der Waals surface area contributed by atoms with E-state index < -0.39 is 24.2 Å². The van der Waals surface area contributed by atoms with Gasteiger partial charge >= 0.3 is 0 Å². The van der Waals surface area contributed by atoms with E-state index in [1.807, 2.05) is 0 Å². The van der Waals surface area contributed by atoms with Gasteiger partial charge in [0.1, 0.15) is 6.10 Å². The molecule has 3 unspecified atom stereocenters. The van der Waals surface area contributed by atoms with Gasteiger partial charge in [0.05, 0.1) is 18.8 Å². The lowest BCUT2D eigenvalue weighted by Gasteiger charge is -2.23. The average Bonchev–Trinajstić information content (AvgIpc) is 3.32. The summed E-state index contributed by atoms with van der Waals surface area (Å²) in [5.41, 5.74) is 0. The molecule has 0 fully saturated rings. The van der Waals surface area contributed by atoms with Crippen LogP contribution in [0.2, 0.25) is 0 Å². The molecule has 394 valence electrons. The first-order valence-corrected chi connectivity index (χ1v) is 30.5. The molecule has 0 radical (unpaired) electrons. The molecular formula is C61H121NO4. The van der Waals surface area contributed by atoms with Gasteiger partial charge in [-0.15, -0.1) is 0 Å². The number of hydrogen-bond donors (Lipinski definition) is 4. The zero-order valence-corrected chi connectivity index (χ0v) is 45.1. The Morgan fingerprint density at radius 2 is 0.576 bits per heavy atom. The van der Waals surface area contributed by atoms with Crippen LogP contribution in [-0.4, -0.2) is 46.1 Å². The van der Waals surface area contributed by atoms with Crippen molar-refractivity contribution in [3.05, 3.63) is 12.2 Å². The third kappa shape index (κ3) is 51.0. The first kappa shape index (κ1) is 65.1. The van der Waals surface area contributed by atoms with Crippen LogP contribution in [0, 0.1) is 0 Å². The Morgan fingerprint density at radius 3 is 0.833 bits per heavy atom. The summed E-state index contributed by atoms with van der Waals surface area (Å²) in [5, 5.41) is 33.6. The van der Waals surface area contributed by atoms with Crippen molar-refractivity contribution in [2.24, 2.45) is 0 Å². The Hall–Kier alpha value is -0.910. The minimum Gasteiger partial charge on any atom is -0.394 e. The number of amides is 1. The average molecular weight is 933 g/mol. The van der Waals surface area contributed by atoms with Crippen LogP contribution in [0.3, 0.4) is 0 Å². The molecule has 0 bridgehead atoms. The zero-order chi connectivity index (χ0) is 47.9. The van der Waals surface area contributed by atoms with Crippen molar-refractivity contribution in [2.75, 3.05) is 6.61 Å². The molecular weight excluding hydrogens is 811 g/mol. The van der Waals surface area contributed by atoms with E-state index in [0.717, 1.165) is 32.1 Å². The molecule has 0 saturated carbocycles. The normalized spacial score (nSPS) is 13.2. The Bertz CT molecular complexity index is 940. The highest BCUT2D eigenvalue weighted by Crippen LogP contribution is 2.19. The quantitative estimate of drug-likeness (QED) is 0.0361. The van der Waals surface area contributed by atoms with E-state index >= 15 is 0 Å². The highest BCUT2D eigenvalue weighted by atomic mass is 16.3. The van der Waals surface area contributed by atoms with Gasteiger partial charge in [-0.2, -0.15) is 0 Å². The van der Waals surface area contributed by atoms with Crippen molar-refractivity contribution in [1.82, 2.24) is 5.32 Å². The minimum atomic E-state index is -1.07. The van der Waals surface area contributed by atoms with Crippen molar-refractivity contribution in [3.8, 4) is 0 Å². The summed E-state index contributed by atoms with van der Waals surface area (Å²) in [7, 11) is 0. The molecule has 0 aromatic heterocycles. The van der Waals surface area contributed by atoms with Crippen LogP contribution in [0.1, 0.15) is 348 Å². The van der Waals surface area contributed by atoms with Gasteiger partial charge in [-0.3, -0.25) is 4.79 Å². The molecule has 5 nitrogen and oxygen atoms in total. The van der Waals surface area contributed by atoms with E-state index in [1.165, 1.54) is 289 Å². The first-order valence-electron chi connectivity index (χ1n) is 30.5. The van der Waals surface area contributed by atoms with Crippen LogP contribution in [0.15, 0.2) is 12.2 Å². The molecule has 0 spiro atoms. The van der Waals surface area contributed by atoms with E-state index in [4.69, 9.17) is 0 Å². The molecule has 66 heavy (non-hydrogen) atoms. The zero-order valence-electron chi connectivity index (χ0n) is 45.1. The van der Waals surface area contributed by atoms with Gasteiger partial charge in [0.25, 0.3) is 0 Å². The van der Waals surface area contributed by atoms with E-state index in [2.05, 4.69) is 31.3 Å². The highest BCUT2D eigenvalue weighted by Gasteiger charge is 2.23. The molecule has 0 aromatic rings. The second kappa shape index (κ2) is 56.7. The van der Waals surface area contributed by atoms with Gasteiger partial charge in [-0.25, -0.2) is 0 Å². The summed E-state index contributed by atoms with van der Waals surface area (Å²) in [4.78, 5) is 12.6. The molecule has 0 aromatic carbocycles. The van der Waals surface area contributed by atoms with Crippen molar-refractivity contribution in [1.29, 1.82) is 0 Å². The number of aliphatic hydroxyl groups excluding tert-OH is 3. The largest absolute Gasteiger partial charge is 0.394 e. The maximum absolute atomic E-state index is 12.6. The lowest BCUT2D eigenvalue weighted by atomic mass is 10.0. The van der Waals surface area contributed by atoms with Crippen LogP contribution in [0.5, 0.6) is 0 Å². The second-order valence-electron chi connectivity index (χ2n) is 21.3. The van der Waals surface area contributed by atoms with Crippen LogP contribution in [-0.2, 0) is 4.79 Å². The molecule has 4 N–H and O–H groups in total. The fraction of sp³-hybridized carbons (Fsp3) is 0.951. The monoisotopic (exact) mass is 932 g/mol. The summed E-state index contributed by atoms with van der Waals surface area (Å²) in [6.07, 6.45) is 71.3. The lowest BCUT2D eigenvalue weighted by Crippen LogP contribution is -2.49. The SMILES string of the molecule is CCCCCCCCCCCCCC/C=C\CCCCCCCCCCCCCC(O)C(=O)NC(CO)C(O)CCCCCCCCCCCCCCCCCCCCCCCCCCC. The van der Waals surface area contributed by atoms with Gasteiger partial charge in [0, 0.05) is 0 Å². The smallest absolute Gasteiger partial charge is 0.249 e. The topological polar surface area (TPSA) is 89.8 Å². The molecule has 0 aliphatic heterocycles. The number of hydrogen-bond acceptors (Lipinski definition) is 4. The standard InChI is InChI=1S/C61H121NO4/c1-3-5-7-9-11-13-15-17-19-21-23-25-27-29-30-32-34-36-38-40-42-44-46-48-50-52-54-56-60(65)61(66)62-58(57-63)59(64)55-53-51-49-47-45-43-41-39-37-35-33-31-28-26-24-22-20-18-16-14-12-10-8-6-4-2/h29-30,58-60,63-65H,3-28,31-57H2,1-2H3,(H,62,66)/b30-29-. The molecule has 0 aliphatic carbocycles. The fourth-order valence-corrected chi connectivity index (χ4v) is 9.90. The van der Waals surface area contributed by atoms with E-state index in [1.54, 1.807) is 0 Å². The number of unbranched alkanes of at least 4 members (excludes halogenated alkanes) is 47. The van der Waals surface area contributed by atoms with Crippen LogP contribution >= 0.6 is 0 Å². The van der Waals surface area contributed by atoms with Crippen molar-refractivity contribution >= 4 is 5.91 Å². The predicted octanol–water partition coefficient (Wildman–Crippen LogP) is 19.1. The fourth-order valence-electron chi connectivity index (χ4n) is 9.90. The Kier molecular flexibility index (Phi) is 55.9. The number of aliphatic hydroxyl groups is 3. The van der Waals surface area contributed by atoms with Crippen molar-refractivity contribution in [2.45, 2.75) is 366 Å². The van der Waals surface area contributed by atoms with Gasteiger partial charge in [0.15, 0.2) is 0 Å². The van der Waals surface area contributed by atoms with Crippen molar-refractivity contribution in [3.63, 3.8) is 0 Å². The number of allylic oxidation sites excluding steroid dienone is 2. The summed E-state index contributed by atoms with van der Waals surface area (Å²) >= 11 is 0. The third-order valence-corrected chi connectivity index (χ3v) is 14.6. The summed E-state index contributed by atoms with van der Waals surface area (Å²) in [6, 6.07) is -0.711. The third-order valence-electron chi connectivity index (χ3n) is 14.6. The minimum absolute atomic E-state index is 0.310. The second-order valence-corrected chi connectivity index (χ2v) is 21.3. The van der Waals surface area contributed by atoms with Crippen LogP contribution in [0.4, 0.5) is 0 Å². The summed E-state index contributed by atoms with van der Waals surface area (Å²) in [6.45, 7) is 4.28. The molecule has 3 atom stereocenters. The lowest BCUT2D eigenvalue weighted by molar-refractivity contribution is -0.131. The maximum atomic E-state index is 12.6. The first-order chi connectivity index (χ1) is 32.6. The van der Waals surface area contributed by atoms with Gasteiger partial charge in [-0.05, 0) is 38.5 Å². The van der Waals surface area contributed by atoms with E-state index in [-0.39, 0.29) is 6.61 Å². The molecule has 5 heteroatoms. The van der Waals surface area contributed by atoms with Gasteiger partial charge < -0.3 is 20.6 Å². The van der Waals surface area contributed by atoms with Crippen LogP contribution < -0.4 is 5.32 Å². The Labute approximate surface area is 414 Å². The molecule has 0 saturated heterocycles. The molecule has 1 amide bonds. The molecule has 0 aliphatic rings.